The van der Waals surface area contributed by atoms with Gasteiger partial charge < -0.3 is 10.6 Å². The summed E-state index contributed by atoms with van der Waals surface area (Å²) in [4.78, 5) is 13.2. The summed E-state index contributed by atoms with van der Waals surface area (Å²) in [5.41, 5.74) is 4.17. The monoisotopic (exact) mass is 543 g/mol. The number of carbonyl (C=O) groups excluding carboxylic acids is 1. The minimum Gasteiger partial charge on any atom is -0.335 e. The standard InChI is InChI=1S/C31H34FN5OS/c1-22-12-18-27(19-13-22)37-29(35-36-31(37)39-21-24-14-16-25(32)17-15-24)28(20-23-8-4-2-5-9-23)34-30(38)33-26-10-6-3-7-11-26/h2,4-5,8-9,12-19,26,28H,3,6-7,10-11,20-21H2,1H3,(H2,33,34,38). The number of hydrogen-bond donors (Lipinski definition) is 2. The number of hydrogen-bond acceptors (Lipinski definition) is 4. The molecule has 0 radical (unpaired) electrons. The molecule has 1 fully saturated rings. The first kappa shape index (κ1) is 26.9. The molecular weight excluding hydrogens is 509 g/mol. The number of halogens is 1. The SMILES string of the molecule is Cc1ccc(-n2c(SCc3ccc(F)cc3)nnc2C(Cc2ccccc2)NC(=O)NC2CCCCC2)cc1. The largest absolute Gasteiger partial charge is 0.335 e. The molecule has 1 heterocycles. The van der Waals surface area contributed by atoms with Crippen LogP contribution in [0.3, 0.4) is 0 Å². The van der Waals surface area contributed by atoms with Crippen LogP contribution in [0.4, 0.5) is 9.18 Å². The lowest BCUT2D eigenvalue weighted by molar-refractivity contribution is 0.228. The number of nitrogens with zero attached hydrogens (tertiary/aromatic N) is 3. The Morgan fingerprint density at radius 2 is 1.67 bits per heavy atom. The molecular formula is C31H34FN5OS. The third-order valence-corrected chi connectivity index (χ3v) is 8.07. The van der Waals surface area contributed by atoms with E-state index in [9.17, 15) is 9.18 Å². The lowest BCUT2D eigenvalue weighted by atomic mass is 9.96. The van der Waals surface area contributed by atoms with E-state index in [1.807, 2.05) is 34.9 Å². The average Bonchev–Trinajstić information content (AvgIpc) is 3.38. The van der Waals surface area contributed by atoms with Gasteiger partial charge in [0.1, 0.15) is 5.82 Å². The summed E-state index contributed by atoms with van der Waals surface area (Å²) in [7, 11) is 0. The molecule has 3 aromatic carbocycles. The van der Waals surface area contributed by atoms with E-state index in [1.165, 1.54) is 30.3 Å². The van der Waals surface area contributed by atoms with Crippen molar-refractivity contribution in [2.24, 2.45) is 0 Å². The second-order valence-corrected chi connectivity index (χ2v) is 11.1. The highest BCUT2D eigenvalue weighted by atomic mass is 32.2. The van der Waals surface area contributed by atoms with Crippen LogP contribution in [0.2, 0.25) is 0 Å². The second kappa shape index (κ2) is 12.9. The van der Waals surface area contributed by atoms with E-state index in [-0.39, 0.29) is 17.9 Å². The first-order chi connectivity index (χ1) is 19.0. The quantitative estimate of drug-likeness (QED) is 0.225. The summed E-state index contributed by atoms with van der Waals surface area (Å²) < 4.78 is 15.4. The molecule has 8 heteroatoms. The van der Waals surface area contributed by atoms with Crippen molar-refractivity contribution < 1.29 is 9.18 Å². The smallest absolute Gasteiger partial charge is 0.315 e. The van der Waals surface area contributed by atoms with Gasteiger partial charge in [0.05, 0.1) is 6.04 Å². The van der Waals surface area contributed by atoms with Gasteiger partial charge in [-0.2, -0.15) is 0 Å². The fourth-order valence-electron chi connectivity index (χ4n) is 4.95. The minimum atomic E-state index is -0.398. The van der Waals surface area contributed by atoms with Crippen LogP contribution in [0.25, 0.3) is 5.69 Å². The maximum Gasteiger partial charge on any atom is 0.315 e. The molecule has 4 aromatic rings. The second-order valence-electron chi connectivity index (χ2n) is 10.1. The lowest BCUT2D eigenvalue weighted by Gasteiger charge is -2.25. The topological polar surface area (TPSA) is 71.8 Å². The highest BCUT2D eigenvalue weighted by Crippen LogP contribution is 2.29. The van der Waals surface area contributed by atoms with E-state index in [2.05, 4.69) is 52.0 Å². The lowest BCUT2D eigenvalue weighted by Crippen LogP contribution is -2.45. The Morgan fingerprint density at radius 3 is 2.38 bits per heavy atom. The Morgan fingerprint density at radius 1 is 0.949 bits per heavy atom. The van der Waals surface area contributed by atoms with Gasteiger partial charge in [-0.05, 0) is 55.2 Å². The highest BCUT2D eigenvalue weighted by Gasteiger charge is 2.26. The zero-order valence-corrected chi connectivity index (χ0v) is 23.0. The van der Waals surface area contributed by atoms with Crippen molar-refractivity contribution in [3.63, 3.8) is 0 Å². The van der Waals surface area contributed by atoms with E-state index < -0.39 is 6.04 Å². The Hall–Kier alpha value is -3.65. The number of amides is 2. The van der Waals surface area contributed by atoms with Crippen LogP contribution < -0.4 is 10.6 Å². The zero-order chi connectivity index (χ0) is 27.0. The number of rotatable bonds is 9. The first-order valence-corrected chi connectivity index (χ1v) is 14.5. The van der Waals surface area contributed by atoms with Crippen LogP contribution in [0.15, 0.2) is 84.0 Å². The van der Waals surface area contributed by atoms with Crippen LogP contribution in [-0.4, -0.2) is 26.8 Å². The van der Waals surface area contributed by atoms with Crippen molar-refractivity contribution >= 4 is 17.8 Å². The summed E-state index contributed by atoms with van der Waals surface area (Å²) in [6, 6.07) is 24.5. The Labute approximate surface area is 233 Å². The van der Waals surface area contributed by atoms with Gasteiger partial charge in [-0.1, -0.05) is 91.2 Å². The number of nitrogens with one attached hydrogen (secondary N) is 2. The Balaban J connectivity index is 1.46. The van der Waals surface area contributed by atoms with Crippen molar-refractivity contribution in [3.8, 4) is 5.69 Å². The molecule has 1 aromatic heterocycles. The molecule has 5 rings (SSSR count). The van der Waals surface area contributed by atoms with Gasteiger partial charge in [-0.25, -0.2) is 9.18 Å². The molecule has 0 aliphatic heterocycles. The molecule has 0 spiro atoms. The average molecular weight is 544 g/mol. The Kier molecular flexibility index (Phi) is 8.93. The van der Waals surface area contributed by atoms with Crippen LogP contribution in [0, 0.1) is 12.7 Å². The molecule has 2 N–H and O–H groups in total. The van der Waals surface area contributed by atoms with E-state index in [0.29, 0.717) is 23.2 Å². The molecule has 1 unspecified atom stereocenters. The fraction of sp³-hybridized carbons (Fsp3) is 0.323. The van der Waals surface area contributed by atoms with Crippen LogP contribution >= 0.6 is 11.8 Å². The maximum atomic E-state index is 13.4. The molecule has 0 saturated heterocycles. The minimum absolute atomic E-state index is 0.179. The number of aromatic nitrogens is 3. The molecule has 1 saturated carbocycles. The number of carbonyl (C=O) groups is 1. The molecule has 1 aliphatic rings. The molecule has 1 aliphatic carbocycles. The van der Waals surface area contributed by atoms with Crippen LogP contribution in [0.5, 0.6) is 0 Å². The van der Waals surface area contributed by atoms with Gasteiger partial charge in [-0.15, -0.1) is 10.2 Å². The summed E-state index contributed by atoms with van der Waals surface area (Å²) in [6.45, 7) is 2.05. The molecule has 2 amide bonds. The zero-order valence-electron chi connectivity index (χ0n) is 22.1. The van der Waals surface area contributed by atoms with E-state index in [0.717, 1.165) is 48.1 Å². The normalized spacial score (nSPS) is 14.6. The van der Waals surface area contributed by atoms with E-state index >= 15 is 0 Å². The number of benzene rings is 3. The first-order valence-electron chi connectivity index (χ1n) is 13.6. The van der Waals surface area contributed by atoms with Gasteiger partial charge in [0.2, 0.25) is 0 Å². The fourth-order valence-corrected chi connectivity index (χ4v) is 5.87. The van der Waals surface area contributed by atoms with Crippen molar-refractivity contribution in [3.05, 3.63) is 107 Å². The van der Waals surface area contributed by atoms with Gasteiger partial charge >= 0.3 is 6.03 Å². The predicted octanol–water partition coefficient (Wildman–Crippen LogP) is 6.92. The van der Waals surface area contributed by atoms with Gasteiger partial charge in [0.25, 0.3) is 0 Å². The van der Waals surface area contributed by atoms with Crippen molar-refractivity contribution in [2.45, 2.75) is 68.4 Å². The molecule has 202 valence electrons. The summed E-state index contributed by atoms with van der Waals surface area (Å²) >= 11 is 1.54. The van der Waals surface area contributed by atoms with Crippen molar-refractivity contribution in [2.75, 3.05) is 0 Å². The summed E-state index contributed by atoms with van der Waals surface area (Å²) in [6.07, 6.45) is 6.13. The maximum absolute atomic E-state index is 13.4. The number of thioether (sulfide) groups is 1. The number of urea groups is 1. The number of aryl methyl sites for hydroxylation is 1. The molecule has 0 bridgehead atoms. The predicted molar refractivity (Wildman–Crippen MR) is 153 cm³/mol. The third-order valence-electron chi connectivity index (χ3n) is 7.07. The molecule has 39 heavy (non-hydrogen) atoms. The van der Waals surface area contributed by atoms with Crippen LogP contribution in [0.1, 0.15) is 60.7 Å². The van der Waals surface area contributed by atoms with Crippen molar-refractivity contribution in [1.82, 2.24) is 25.4 Å². The van der Waals surface area contributed by atoms with Gasteiger partial charge in [0, 0.05) is 23.9 Å². The van der Waals surface area contributed by atoms with Crippen LogP contribution in [-0.2, 0) is 12.2 Å². The highest BCUT2D eigenvalue weighted by molar-refractivity contribution is 7.98. The van der Waals surface area contributed by atoms with Crippen molar-refractivity contribution in [1.29, 1.82) is 0 Å². The van der Waals surface area contributed by atoms with E-state index in [4.69, 9.17) is 0 Å². The van der Waals surface area contributed by atoms with Gasteiger partial charge in [-0.3, -0.25) is 4.57 Å². The summed E-state index contributed by atoms with van der Waals surface area (Å²) in [5.74, 6) is 1.03. The summed E-state index contributed by atoms with van der Waals surface area (Å²) in [5, 5.41) is 16.3. The molecule has 1 atom stereocenters. The Bertz CT molecular complexity index is 1350. The van der Waals surface area contributed by atoms with E-state index in [1.54, 1.807) is 12.1 Å². The molecule has 6 nitrogen and oxygen atoms in total. The van der Waals surface area contributed by atoms with Gasteiger partial charge in [0.15, 0.2) is 11.0 Å². The third kappa shape index (κ3) is 7.26.